The van der Waals surface area contributed by atoms with Gasteiger partial charge < -0.3 is 10.6 Å². The highest BCUT2D eigenvalue weighted by molar-refractivity contribution is 5.95. The summed E-state index contributed by atoms with van der Waals surface area (Å²) < 4.78 is 13.7. The first-order chi connectivity index (χ1) is 7.72. The number of nitrogens with one attached hydrogen (secondary N) is 2. The minimum atomic E-state index is -0.596. The molecule has 1 saturated carbocycles. The molecule has 1 fully saturated rings. The molecule has 1 aliphatic carbocycles. The van der Waals surface area contributed by atoms with Crippen LogP contribution in [0.2, 0.25) is 0 Å². The van der Waals surface area contributed by atoms with E-state index in [1.54, 1.807) is 7.05 Å². The van der Waals surface area contributed by atoms with Crippen molar-refractivity contribution in [2.24, 2.45) is 0 Å². The number of amides is 1. The van der Waals surface area contributed by atoms with E-state index in [9.17, 15) is 9.18 Å². The standard InChI is InChI=1S/C11H14FN3O/c1-13-10-9(12)8(5-6-14-10)11(16)15-7-3-2-4-7/h5-7H,2-4H2,1H3,(H,13,14)(H,15,16). The fourth-order valence-electron chi connectivity index (χ4n) is 1.61. The molecule has 16 heavy (non-hydrogen) atoms. The van der Waals surface area contributed by atoms with Crippen molar-refractivity contribution in [3.63, 3.8) is 0 Å². The van der Waals surface area contributed by atoms with Gasteiger partial charge in [-0.1, -0.05) is 0 Å². The number of hydrogen-bond acceptors (Lipinski definition) is 3. The molecular weight excluding hydrogens is 209 g/mol. The molecule has 1 heterocycles. The predicted molar refractivity (Wildman–Crippen MR) is 58.8 cm³/mol. The van der Waals surface area contributed by atoms with E-state index in [0.29, 0.717) is 0 Å². The number of carbonyl (C=O) groups is 1. The van der Waals surface area contributed by atoms with Gasteiger partial charge in [0, 0.05) is 19.3 Å². The summed E-state index contributed by atoms with van der Waals surface area (Å²) >= 11 is 0. The summed E-state index contributed by atoms with van der Waals surface area (Å²) in [7, 11) is 1.57. The molecule has 0 saturated heterocycles. The second-order valence-corrected chi connectivity index (χ2v) is 3.87. The molecule has 4 nitrogen and oxygen atoms in total. The van der Waals surface area contributed by atoms with E-state index < -0.39 is 5.82 Å². The minimum absolute atomic E-state index is 0.0475. The SMILES string of the molecule is CNc1nccc(C(=O)NC2CCC2)c1F. The Hall–Kier alpha value is -1.65. The first-order valence-corrected chi connectivity index (χ1v) is 5.35. The molecule has 1 amide bonds. The van der Waals surface area contributed by atoms with Crippen molar-refractivity contribution < 1.29 is 9.18 Å². The molecule has 2 N–H and O–H groups in total. The zero-order chi connectivity index (χ0) is 11.5. The van der Waals surface area contributed by atoms with Gasteiger partial charge in [-0.05, 0) is 25.3 Å². The molecule has 0 atom stereocenters. The Morgan fingerprint density at radius 2 is 2.31 bits per heavy atom. The van der Waals surface area contributed by atoms with Crippen LogP contribution in [0.3, 0.4) is 0 Å². The van der Waals surface area contributed by atoms with Crippen LogP contribution in [-0.4, -0.2) is 24.0 Å². The lowest BCUT2D eigenvalue weighted by atomic mass is 9.93. The first-order valence-electron chi connectivity index (χ1n) is 5.35. The zero-order valence-corrected chi connectivity index (χ0v) is 9.09. The van der Waals surface area contributed by atoms with Gasteiger partial charge in [0.2, 0.25) is 0 Å². The van der Waals surface area contributed by atoms with Crippen molar-refractivity contribution in [2.45, 2.75) is 25.3 Å². The lowest BCUT2D eigenvalue weighted by Gasteiger charge is -2.26. The van der Waals surface area contributed by atoms with Crippen LogP contribution in [0, 0.1) is 5.82 Å². The number of hydrogen-bond donors (Lipinski definition) is 2. The van der Waals surface area contributed by atoms with Gasteiger partial charge >= 0.3 is 0 Å². The highest BCUT2D eigenvalue weighted by atomic mass is 19.1. The van der Waals surface area contributed by atoms with Gasteiger partial charge in [0.15, 0.2) is 11.6 Å². The average Bonchev–Trinajstić information content (AvgIpc) is 2.23. The Morgan fingerprint density at radius 1 is 1.56 bits per heavy atom. The quantitative estimate of drug-likeness (QED) is 0.817. The molecule has 1 aliphatic rings. The van der Waals surface area contributed by atoms with Crippen molar-refractivity contribution in [1.82, 2.24) is 10.3 Å². The summed E-state index contributed by atoms with van der Waals surface area (Å²) in [6, 6.07) is 1.60. The second-order valence-electron chi connectivity index (χ2n) is 3.87. The fraction of sp³-hybridized carbons (Fsp3) is 0.455. The Kier molecular flexibility index (Phi) is 3.03. The molecule has 5 heteroatoms. The maximum atomic E-state index is 13.7. The number of aromatic nitrogens is 1. The topological polar surface area (TPSA) is 54.0 Å². The maximum Gasteiger partial charge on any atom is 0.254 e. The van der Waals surface area contributed by atoms with Gasteiger partial charge in [0.05, 0.1) is 5.56 Å². The number of halogens is 1. The lowest BCUT2D eigenvalue weighted by Crippen LogP contribution is -2.39. The first kappa shape index (κ1) is 10.9. The highest BCUT2D eigenvalue weighted by Crippen LogP contribution is 2.20. The number of rotatable bonds is 3. The van der Waals surface area contributed by atoms with E-state index in [2.05, 4.69) is 15.6 Å². The van der Waals surface area contributed by atoms with E-state index in [1.165, 1.54) is 12.3 Å². The molecule has 1 aromatic rings. The molecule has 0 radical (unpaired) electrons. The third-order valence-electron chi connectivity index (χ3n) is 2.81. The minimum Gasteiger partial charge on any atom is -0.371 e. The number of anilines is 1. The molecule has 0 aromatic carbocycles. The number of nitrogens with zero attached hydrogens (tertiary/aromatic N) is 1. The van der Waals surface area contributed by atoms with Crippen LogP contribution in [0.5, 0.6) is 0 Å². The van der Waals surface area contributed by atoms with Crippen molar-refractivity contribution in [3.8, 4) is 0 Å². The van der Waals surface area contributed by atoms with E-state index in [4.69, 9.17) is 0 Å². The summed E-state index contributed by atoms with van der Waals surface area (Å²) in [5.74, 6) is -0.857. The summed E-state index contributed by atoms with van der Waals surface area (Å²) in [6.07, 6.45) is 4.52. The molecule has 0 unspecified atom stereocenters. The third kappa shape index (κ3) is 1.98. The Balaban J connectivity index is 2.15. The Morgan fingerprint density at radius 3 is 2.88 bits per heavy atom. The molecule has 0 bridgehead atoms. The van der Waals surface area contributed by atoms with Crippen LogP contribution in [0.4, 0.5) is 10.2 Å². The van der Waals surface area contributed by atoms with Crippen LogP contribution >= 0.6 is 0 Å². The van der Waals surface area contributed by atoms with E-state index >= 15 is 0 Å². The van der Waals surface area contributed by atoms with Crippen molar-refractivity contribution >= 4 is 11.7 Å². The monoisotopic (exact) mass is 223 g/mol. The van der Waals surface area contributed by atoms with Gasteiger partial charge in [0.25, 0.3) is 5.91 Å². The summed E-state index contributed by atoms with van der Waals surface area (Å²) in [6.45, 7) is 0. The normalized spacial score (nSPS) is 15.4. The van der Waals surface area contributed by atoms with Gasteiger partial charge in [-0.15, -0.1) is 0 Å². The molecular formula is C11H14FN3O. The molecule has 0 spiro atoms. The van der Waals surface area contributed by atoms with Crippen LogP contribution in [-0.2, 0) is 0 Å². The number of pyridine rings is 1. The molecule has 1 aromatic heterocycles. The maximum absolute atomic E-state index is 13.7. The van der Waals surface area contributed by atoms with Gasteiger partial charge in [-0.2, -0.15) is 0 Å². The van der Waals surface area contributed by atoms with E-state index in [0.717, 1.165) is 19.3 Å². The Labute approximate surface area is 93.3 Å². The summed E-state index contributed by atoms with van der Waals surface area (Å²) in [4.78, 5) is 15.5. The lowest BCUT2D eigenvalue weighted by molar-refractivity contribution is 0.0913. The zero-order valence-electron chi connectivity index (χ0n) is 9.09. The largest absolute Gasteiger partial charge is 0.371 e. The van der Waals surface area contributed by atoms with Crippen molar-refractivity contribution in [3.05, 3.63) is 23.6 Å². The van der Waals surface area contributed by atoms with Crippen molar-refractivity contribution in [1.29, 1.82) is 0 Å². The van der Waals surface area contributed by atoms with Gasteiger partial charge in [-0.3, -0.25) is 4.79 Å². The number of carbonyl (C=O) groups excluding carboxylic acids is 1. The van der Waals surface area contributed by atoms with Gasteiger partial charge in [-0.25, -0.2) is 9.37 Å². The summed E-state index contributed by atoms with van der Waals surface area (Å²) in [5, 5.41) is 5.40. The smallest absolute Gasteiger partial charge is 0.254 e. The van der Waals surface area contributed by atoms with Crippen LogP contribution < -0.4 is 10.6 Å². The highest BCUT2D eigenvalue weighted by Gasteiger charge is 2.22. The van der Waals surface area contributed by atoms with Gasteiger partial charge in [0.1, 0.15) is 0 Å². The third-order valence-corrected chi connectivity index (χ3v) is 2.81. The predicted octanol–water partition coefficient (Wildman–Crippen LogP) is 1.54. The molecule has 86 valence electrons. The van der Waals surface area contributed by atoms with E-state index in [-0.39, 0.29) is 23.3 Å². The van der Waals surface area contributed by atoms with Crippen LogP contribution in [0.25, 0.3) is 0 Å². The second kappa shape index (κ2) is 4.47. The van der Waals surface area contributed by atoms with Crippen molar-refractivity contribution in [2.75, 3.05) is 12.4 Å². The van der Waals surface area contributed by atoms with Crippen LogP contribution in [0.15, 0.2) is 12.3 Å². The average molecular weight is 223 g/mol. The molecule has 0 aliphatic heterocycles. The van der Waals surface area contributed by atoms with E-state index in [1.807, 2.05) is 0 Å². The molecule has 2 rings (SSSR count). The summed E-state index contributed by atoms with van der Waals surface area (Å²) in [5.41, 5.74) is 0.0475. The Bertz CT molecular complexity index is 404. The van der Waals surface area contributed by atoms with Crippen LogP contribution in [0.1, 0.15) is 29.6 Å². The fourth-order valence-corrected chi connectivity index (χ4v) is 1.61.